The van der Waals surface area contributed by atoms with Gasteiger partial charge in [0.1, 0.15) is 6.10 Å². The van der Waals surface area contributed by atoms with Crippen LogP contribution in [0.5, 0.6) is 0 Å². The lowest BCUT2D eigenvalue weighted by Crippen LogP contribution is -2.49. The molecule has 2 unspecified atom stereocenters. The van der Waals surface area contributed by atoms with Crippen LogP contribution < -0.4 is 5.73 Å². The number of nitrogens with two attached hydrogens (primary N) is 1. The quantitative estimate of drug-likeness (QED) is 0.793. The second kappa shape index (κ2) is 5.69. The fourth-order valence-electron chi connectivity index (χ4n) is 1.76. The molecule has 0 aromatic heterocycles. The highest BCUT2D eigenvalue weighted by molar-refractivity contribution is 5.68. The maximum absolute atomic E-state index is 11.8. The van der Waals surface area contributed by atoms with E-state index in [9.17, 15) is 4.79 Å². The summed E-state index contributed by atoms with van der Waals surface area (Å²) in [6.07, 6.45) is -0.578. The molecule has 1 fully saturated rings. The highest BCUT2D eigenvalue weighted by atomic mass is 16.6. The molecule has 0 aromatic rings. The monoisotopic (exact) mass is 244 g/mol. The molecule has 5 nitrogen and oxygen atoms in total. The fraction of sp³-hybridized carbons (Fsp3) is 0.917. The molecular formula is C12H24N2O3. The lowest BCUT2D eigenvalue weighted by molar-refractivity contribution is 0.00348. The van der Waals surface area contributed by atoms with Crippen molar-refractivity contribution in [2.24, 2.45) is 11.1 Å². The molecule has 2 N–H and O–H groups in total. The van der Waals surface area contributed by atoms with Gasteiger partial charge in [0.25, 0.3) is 0 Å². The number of ether oxygens (including phenoxy) is 2. The van der Waals surface area contributed by atoms with E-state index in [1.165, 1.54) is 0 Å². The van der Waals surface area contributed by atoms with Crippen molar-refractivity contribution in [3.63, 3.8) is 0 Å². The molecule has 1 amide bonds. The van der Waals surface area contributed by atoms with Crippen molar-refractivity contribution in [1.82, 2.24) is 4.90 Å². The van der Waals surface area contributed by atoms with E-state index in [2.05, 4.69) is 0 Å². The van der Waals surface area contributed by atoms with Crippen LogP contribution in [0.3, 0.4) is 0 Å². The summed E-state index contributed by atoms with van der Waals surface area (Å²) in [7, 11) is 0. The van der Waals surface area contributed by atoms with E-state index in [0.29, 0.717) is 26.3 Å². The number of morpholine rings is 1. The van der Waals surface area contributed by atoms with Gasteiger partial charge in [-0.3, -0.25) is 0 Å². The summed E-state index contributed by atoms with van der Waals surface area (Å²) in [6.45, 7) is 10.3. The zero-order valence-electron chi connectivity index (χ0n) is 11.2. The summed E-state index contributed by atoms with van der Waals surface area (Å²) in [4.78, 5) is 13.5. The second-order valence-corrected chi connectivity index (χ2v) is 5.58. The summed E-state index contributed by atoms with van der Waals surface area (Å²) in [5.41, 5.74) is 5.97. The molecule has 0 saturated carbocycles. The van der Waals surface area contributed by atoms with Gasteiger partial charge in [-0.1, -0.05) is 20.8 Å². The molecule has 1 heterocycles. The minimum atomic E-state index is -0.291. The van der Waals surface area contributed by atoms with Crippen molar-refractivity contribution in [1.29, 1.82) is 0 Å². The highest BCUT2D eigenvalue weighted by Crippen LogP contribution is 2.21. The number of carbonyl (C=O) groups is 1. The molecule has 0 aromatic carbocycles. The van der Waals surface area contributed by atoms with Gasteiger partial charge in [-0.15, -0.1) is 0 Å². The number of carbonyl (C=O) groups excluding carboxylic acids is 1. The first kappa shape index (κ1) is 14.3. The van der Waals surface area contributed by atoms with Gasteiger partial charge in [-0.05, 0) is 12.3 Å². The third-order valence-corrected chi connectivity index (χ3v) is 3.06. The van der Waals surface area contributed by atoms with Crippen molar-refractivity contribution in [3.05, 3.63) is 0 Å². The molecule has 5 heteroatoms. The van der Waals surface area contributed by atoms with Crippen molar-refractivity contribution in [2.75, 3.05) is 26.3 Å². The number of nitrogens with zero attached hydrogens (tertiary/aromatic N) is 1. The van der Waals surface area contributed by atoms with E-state index < -0.39 is 0 Å². The normalized spacial score (nSPS) is 20.9. The summed E-state index contributed by atoms with van der Waals surface area (Å²) < 4.78 is 10.6. The Bertz CT molecular complexity index is 257. The predicted molar refractivity (Wildman–Crippen MR) is 65.8 cm³/mol. The third kappa shape index (κ3) is 4.16. The first-order valence-electron chi connectivity index (χ1n) is 6.11. The standard InChI is InChI=1S/C12H24N2O3/c1-9(10(13)12(2,3)4)17-11(15)14-5-7-16-8-6-14/h9-10H,5-8,13H2,1-4H3. The van der Waals surface area contributed by atoms with E-state index in [0.717, 1.165) is 0 Å². The van der Waals surface area contributed by atoms with Crippen LogP contribution in [0.2, 0.25) is 0 Å². The van der Waals surface area contributed by atoms with Crippen molar-refractivity contribution < 1.29 is 14.3 Å². The Morgan fingerprint density at radius 1 is 1.35 bits per heavy atom. The molecule has 0 spiro atoms. The Morgan fingerprint density at radius 2 is 1.88 bits per heavy atom. The molecule has 1 rings (SSSR count). The van der Waals surface area contributed by atoms with Crippen molar-refractivity contribution >= 4 is 6.09 Å². The zero-order valence-corrected chi connectivity index (χ0v) is 11.2. The van der Waals surface area contributed by atoms with E-state index in [1.54, 1.807) is 4.90 Å². The van der Waals surface area contributed by atoms with Gasteiger partial charge in [-0.25, -0.2) is 4.79 Å². The lowest BCUT2D eigenvalue weighted by Gasteiger charge is -2.33. The molecule has 1 aliphatic rings. The Labute approximate surface area is 103 Å². The molecular weight excluding hydrogens is 220 g/mol. The largest absolute Gasteiger partial charge is 0.445 e. The SMILES string of the molecule is CC(OC(=O)N1CCOCC1)C(N)C(C)(C)C. The molecule has 2 atom stereocenters. The van der Waals surface area contributed by atoms with E-state index in [1.807, 2.05) is 27.7 Å². The number of hydrogen-bond acceptors (Lipinski definition) is 4. The molecule has 100 valence electrons. The summed E-state index contributed by atoms with van der Waals surface area (Å²) in [6, 6.07) is -0.174. The minimum absolute atomic E-state index is 0.0787. The van der Waals surface area contributed by atoms with Crippen molar-refractivity contribution in [2.45, 2.75) is 39.8 Å². The number of hydrogen-bond donors (Lipinski definition) is 1. The van der Waals surface area contributed by atoms with Gasteiger partial charge < -0.3 is 20.1 Å². The van der Waals surface area contributed by atoms with Gasteiger partial charge >= 0.3 is 6.09 Å². The molecule has 0 aliphatic carbocycles. The minimum Gasteiger partial charge on any atom is -0.445 e. The van der Waals surface area contributed by atoms with Crippen molar-refractivity contribution in [3.8, 4) is 0 Å². The Kier molecular flexibility index (Phi) is 4.77. The Morgan fingerprint density at radius 3 is 2.35 bits per heavy atom. The van der Waals surface area contributed by atoms with Crippen LogP contribution in [-0.2, 0) is 9.47 Å². The topological polar surface area (TPSA) is 64.8 Å². The van der Waals surface area contributed by atoms with Crippen LogP contribution in [0.4, 0.5) is 4.79 Å². The third-order valence-electron chi connectivity index (χ3n) is 3.06. The molecule has 1 saturated heterocycles. The second-order valence-electron chi connectivity index (χ2n) is 5.58. The number of amides is 1. The van der Waals surface area contributed by atoms with Gasteiger partial charge in [0.05, 0.1) is 13.2 Å². The van der Waals surface area contributed by atoms with Crippen LogP contribution in [0.25, 0.3) is 0 Å². The van der Waals surface area contributed by atoms with Crippen LogP contribution in [-0.4, -0.2) is 49.4 Å². The average Bonchev–Trinajstić information content (AvgIpc) is 2.27. The maximum atomic E-state index is 11.8. The first-order chi connectivity index (χ1) is 7.82. The van der Waals surface area contributed by atoms with E-state index >= 15 is 0 Å². The molecule has 0 bridgehead atoms. The Hall–Kier alpha value is -0.810. The summed E-state index contributed by atoms with van der Waals surface area (Å²) in [5, 5.41) is 0. The van der Waals surface area contributed by atoms with Crippen LogP contribution >= 0.6 is 0 Å². The molecule has 1 aliphatic heterocycles. The smallest absolute Gasteiger partial charge is 0.410 e. The van der Waals surface area contributed by atoms with Gasteiger partial charge in [-0.2, -0.15) is 0 Å². The molecule has 0 radical (unpaired) electrons. The fourth-order valence-corrected chi connectivity index (χ4v) is 1.76. The number of rotatable bonds is 2. The van der Waals surface area contributed by atoms with Crippen LogP contribution in [0, 0.1) is 5.41 Å². The van der Waals surface area contributed by atoms with Crippen LogP contribution in [0.15, 0.2) is 0 Å². The summed E-state index contributed by atoms with van der Waals surface area (Å²) >= 11 is 0. The van der Waals surface area contributed by atoms with E-state index in [4.69, 9.17) is 15.2 Å². The van der Waals surface area contributed by atoms with Gasteiger partial charge in [0.2, 0.25) is 0 Å². The molecule has 17 heavy (non-hydrogen) atoms. The van der Waals surface area contributed by atoms with Crippen LogP contribution in [0.1, 0.15) is 27.7 Å². The van der Waals surface area contributed by atoms with Gasteiger partial charge in [0.15, 0.2) is 0 Å². The summed E-state index contributed by atoms with van der Waals surface area (Å²) in [5.74, 6) is 0. The average molecular weight is 244 g/mol. The highest BCUT2D eigenvalue weighted by Gasteiger charge is 2.30. The van der Waals surface area contributed by atoms with E-state index in [-0.39, 0.29) is 23.7 Å². The predicted octanol–water partition coefficient (Wildman–Crippen LogP) is 1.22. The van der Waals surface area contributed by atoms with Gasteiger partial charge in [0, 0.05) is 19.1 Å². The zero-order chi connectivity index (χ0) is 13.1. The maximum Gasteiger partial charge on any atom is 0.410 e. The Balaban J connectivity index is 2.44. The first-order valence-corrected chi connectivity index (χ1v) is 6.11. The lowest BCUT2D eigenvalue weighted by atomic mass is 9.84.